The van der Waals surface area contributed by atoms with Crippen LogP contribution in [0.1, 0.15) is 15.9 Å². The predicted molar refractivity (Wildman–Crippen MR) is 56.4 cm³/mol. The fourth-order valence-corrected chi connectivity index (χ4v) is 1.41. The van der Waals surface area contributed by atoms with E-state index in [0.717, 1.165) is 6.07 Å². The van der Waals surface area contributed by atoms with Crippen molar-refractivity contribution in [3.63, 3.8) is 0 Å². The van der Waals surface area contributed by atoms with Gasteiger partial charge in [-0.25, -0.2) is 0 Å². The number of rotatable bonds is 3. The quantitative estimate of drug-likeness (QED) is 0.493. The molecule has 0 unspecified atom stereocenters. The summed E-state index contributed by atoms with van der Waals surface area (Å²) < 4.78 is 0. The van der Waals surface area contributed by atoms with Gasteiger partial charge < -0.3 is 0 Å². The van der Waals surface area contributed by atoms with Crippen LogP contribution in [0.2, 0.25) is 5.02 Å². The number of imide groups is 1. The third-order valence-electron chi connectivity index (χ3n) is 1.93. The Bertz CT molecular complexity index is 473. The first-order valence-corrected chi connectivity index (χ1v) is 4.54. The molecule has 2 amide bonds. The van der Waals surface area contributed by atoms with E-state index >= 15 is 0 Å². The molecule has 0 aliphatic rings. The molecule has 0 radical (unpaired) electrons. The number of amides is 2. The van der Waals surface area contributed by atoms with E-state index in [2.05, 4.69) is 0 Å². The molecule has 6 nitrogen and oxygen atoms in total. The summed E-state index contributed by atoms with van der Waals surface area (Å²) in [5, 5.41) is 12.3. The lowest BCUT2D eigenvalue weighted by molar-refractivity contribution is -0.384. The van der Waals surface area contributed by atoms with E-state index in [4.69, 9.17) is 11.6 Å². The number of nitrogens with zero attached hydrogens (tertiary/aromatic N) is 1. The lowest BCUT2D eigenvalue weighted by atomic mass is 10.1. The highest BCUT2D eigenvalue weighted by Gasteiger charge is 2.18. The largest absolute Gasteiger partial charge is 0.295 e. The van der Waals surface area contributed by atoms with E-state index in [0.29, 0.717) is 5.56 Å². The molecule has 0 aliphatic carbocycles. The van der Waals surface area contributed by atoms with Crippen molar-refractivity contribution in [1.82, 2.24) is 5.32 Å². The van der Waals surface area contributed by atoms with Crippen molar-refractivity contribution in [2.75, 3.05) is 0 Å². The van der Waals surface area contributed by atoms with Crippen LogP contribution < -0.4 is 5.32 Å². The van der Waals surface area contributed by atoms with Crippen molar-refractivity contribution in [1.29, 1.82) is 0 Å². The van der Waals surface area contributed by atoms with Crippen molar-refractivity contribution in [2.24, 2.45) is 0 Å². The maximum Gasteiger partial charge on any atom is 0.288 e. The summed E-state index contributed by atoms with van der Waals surface area (Å²) in [5.74, 6) is -0.649. The second kappa shape index (κ2) is 4.71. The summed E-state index contributed by atoms with van der Waals surface area (Å²) in [6.45, 7) is 1.52. The lowest BCUT2D eigenvalue weighted by Gasteiger charge is -2.04. The summed E-state index contributed by atoms with van der Waals surface area (Å²) in [5.41, 5.74) is 0.222. The van der Waals surface area contributed by atoms with E-state index in [1.165, 1.54) is 13.0 Å². The molecule has 16 heavy (non-hydrogen) atoms. The zero-order valence-corrected chi connectivity index (χ0v) is 8.95. The normalized spacial score (nSPS) is 9.62. The zero-order valence-electron chi connectivity index (χ0n) is 8.19. The van der Waals surface area contributed by atoms with Gasteiger partial charge in [0.2, 0.25) is 6.41 Å². The van der Waals surface area contributed by atoms with Crippen LogP contribution in [0.3, 0.4) is 0 Å². The average Bonchev–Trinajstić information content (AvgIpc) is 2.20. The Kier molecular flexibility index (Phi) is 3.57. The van der Waals surface area contributed by atoms with E-state index in [1.807, 2.05) is 5.32 Å². The topological polar surface area (TPSA) is 89.3 Å². The number of hydrogen-bond donors (Lipinski definition) is 1. The molecule has 0 aliphatic heterocycles. The van der Waals surface area contributed by atoms with Crippen molar-refractivity contribution in [3.8, 4) is 0 Å². The Balaban J connectivity index is 3.25. The fourth-order valence-electron chi connectivity index (χ4n) is 1.18. The first kappa shape index (κ1) is 12.1. The Morgan fingerprint density at radius 2 is 2.19 bits per heavy atom. The van der Waals surface area contributed by atoms with Gasteiger partial charge in [0, 0.05) is 11.6 Å². The third-order valence-corrected chi connectivity index (χ3v) is 2.23. The zero-order chi connectivity index (χ0) is 12.3. The summed E-state index contributed by atoms with van der Waals surface area (Å²) in [4.78, 5) is 31.3. The highest BCUT2D eigenvalue weighted by Crippen LogP contribution is 2.27. The number of halogens is 1. The number of carbonyl (C=O) groups is 2. The number of nitro benzene ring substituents is 1. The molecule has 84 valence electrons. The van der Waals surface area contributed by atoms with E-state index in [9.17, 15) is 19.7 Å². The monoisotopic (exact) mass is 242 g/mol. The third kappa shape index (κ3) is 2.34. The van der Waals surface area contributed by atoms with Crippen LogP contribution in [-0.4, -0.2) is 17.2 Å². The maximum absolute atomic E-state index is 11.3. The fraction of sp³-hybridized carbons (Fsp3) is 0.111. The van der Waals surface area contributed by atoms with Crippen LogP contribution in [-0.2, 0) is 4.79 Å². The molecular weight excluding hydrogens is 236 g/mol. The summed E-state index contributed by atoms with van der Waals surface area (Å²) in [7, 11) is 0. The van der Waals surface area contributed by atoms with Crippen LogP contribution >= 0.6 is 11.6 Å². The molecule has 0 saturated carbocycles. The molecule has 1 aromatic rings. The molecule has 0 fully saturated rings. The van der Waals surface area contributed by atoms with E-state index in [-0.39, 0.29) is 22.7 Å². The number of carbonyl (C=O) groups excluding carboxylic acids is 2. The molecule has 0 atom stereocenters. The molecule has 1 rings (SSSR count). The second-order valence-corrected chi connectivity index (χ2v) is 3.37. The van der Waals surface area contributed by atoms with Crippen molar-refractivity contribution >= 4 is 29.6 Å². The molecular formula is C9H7ClN2O4. The van der Waals surface area contributed by atoms with Gasteiger partial charge in [-0.15, -0.1) is 0 Å². The van der Waals surface area contributed by atoms with Crippen molar-refractivity contribution in [3.05, 3.63) is 38.4 Å². The molecule has 1 N–H and O–H groups in total. The van der Waals surface area contributed by atoms with Crippen LogP contribution in [0.4, 0.5) is 5.69 Å². The molecule has 0 heterocycles. The number of nitrogens with one attached hydrogen (secondary N) is 1. The SMILES string of the molecule is Cc1cc([N+](=O)[O-])c(Cl)cc1C(=O)NC=O. The number of benzene rings is 1. The minimum atomic E-state index is -0.649. The Morgan fingerprint density at radius 1 is 1.56 bits per heavy atom. The highest BCUT2D eigenvalue weighted by molar-refractivity contribution is 6.33. The van der Waals surface area contributed by atoms with Crippen molar-refractivity contribution in [2.45, 2.75) is 6.92 Å². The first-order chi connectivity index (χ1) is 7.47. The van der Waals surface area contributed by atoms with E-state index in [1.54, 1.807) is 0 Å². The lowest BCUT2D eigenvalue weighted by Crippen LogP contribution is -2.22. The summed E-state index contributed by atoms with van der Waals surface area (Å²) in [6, 6.07) is 2.34. The Labute approximate surface area is 95.4 Å². The molecule has 0 spiro atoms. The van der Waals surface area contributed by atoms with Gasteiger partial charge >= 0.3 is 0 Å². The average molecular weight is 243 g/mol. The summed E-state index contributed by atoms with van der Waals surface area (Å²) in [6.07, 6.45) is 0.233. The van der Waals surface area contributed by atoms with Gasteiger partial charge in [0.1, 0.15) is 5.02 Å². The first-order valence-electron chi connectivity index (χ1n) is 4.16. The van der Waals surface area contributed by atoms with Gasteiger partial charge in [0.05, 0.1) is 4.92 Å². The molecule has 0 saturated heterocycles. The minimum Gasteiger partial charge on any atom is -0.295 e. The minimum absolute atomic E-state index is 0.128. The molecule has 0 aromatic heterocycles. The standard InChI is InChI=1S/C9H7ClN2O4/c1-5-2-8(12(15)16)7(10)3-6(5)9(14)11-4-13/h2-4H,1H3,(H,11,13,14). The van der Waals surface area contributed by atoms with Crippen molar-refractivity contribution < 1.29 is 14.5 Å². The molecule has 7 heteroatoms. The smallest absolute Gasteiger partial charge is 0.288 e. The number of aryl methyl sites for hydroxylation is 1. The van der Waals surface area contributed by atoms with Gasteiger partial charge in [-0.1, -0.05) is 11.6 Å². The molecule has 1 aromatic carbocycles. The second-order valence-electron chi connectivity index (χ2n) is 2.97. The predicted octanol–water partition coefficient (Wildman–Crippen LogP) is 1.44. The van der Waals surface area contributed by atoms with Gasteiger partial charge in [-0.3, -0.25) is 25.0 Å². The highest BCUT2D eigenvalue weighted by atomic mass is 35.5. The Morgan fingerprint density at radius 3 is 2.69 bits per heavy atom. The van der Waals surface area contributed by atoms with Gasteiger partial charge in [-0.05, 0) is 18.6 Å². The number of hydrogen-bond acceptors (Lipinski definition) is 4. The molecule has 0 bridgehead atoms. The maximum atomic E-state index is 11.3. The van der Waals surface area contributed by atoms with Gasteiger partial charge in [0.15, 0.2) is 0 Å². The van der Waals surface area contributed by atoms with Crippen LogP contribution in [0.5, 0.6) is 0 Å². The van der Waals surface area contributed by atoms with Crippen LogP contribution in [0, 0.1) is 17.0 Å². The van der Waals surface area contributed by atoms with Gasteiger partial charge in [-0.2, -0.15) is 0 Å². The van der Waals surface area contributed by atoms with Crippen LogP contribution in [0.15, 0.2) is 12.1 Å². The number of nitro groups is 1. The van der Waals surface area contributed by atoms with Gasteiger partial charge in [0.25, 0.3) is 11.6 Å². The van der Waals surface area contributed by atoms with E-state index < -0.39 is 10.8 Å². The van der Waals surface area contributed by atoms with Crippen LogP contribution in [0.25, 0.3) is 0 Å². The Hall–Kier alpha value is -1.95. The summed E-state index contributed by atoms with van der Waals surface area (Å²) >= 11 is 5.63.